The van der Waals surface area contributed by atoms with Gasteiger partial charge in [0.15, 0.2) is 0 Å². The summed E-state index contributed by atoms with van der Waals surface area (Å²) in [7, 11) is 3.34. The van der Waals surface area contributed by atoms with Gasteiger partial charge in [0.05, 0.1) is 13.2 Å². The molecule has 1 aromatic carbocycles. The Hall–Kier alpha value is -1.75. The van der Waals surface area contributed by atoms with E-state index in [1.807, 2.05) is 24.3 Å². The molecule has 0 aliphatic carbocycles. The summed E-state index contributed by atoms with van der Waals surface area (Å²) in [6.07, 6.45) is 0.146. The van der Waals surface area contributed by atoms with Crippen LogP contribution in [-0.2, 0) is 11.2 Å². The number of rotatable bonds is 4. The molecule has 0 spiro atoms. The molecule has 0 bridgehead atoms. The fourth-order valence-electron chi connectivity index (χ4n) is 2.20. The predicted molar refractivity (Wildman–Crippen MR) is 67.6 cm³/mol. The van der Waals surface area contributed by atoms with Crippen LogP contribution in [-0.4, -0.2) is 43.8 Å². The zero-order valence-electron chi connectivity index (χ0n) is 10.6. The number of amides is 1. The molecule has 1 fully saturated rings. The first kappa shape index (κ1) is 12.7. The van der Waals surface area contributed by atoms with Crippen molar-refractivity contribution in [2.24, 2.45) is 5.73 Å². The number of carbonyl (C=O) groups excluding carboxylic acids is 1. The molecular formula is C13H18N2O3. The topological polar surface area (TPSA) is 64.8 Å². The first-order valence-corrected chi connectivity index (χ1v) is 5.92. The molecule has 5 nitrogen and oxygen atoms in total. The molecule has 1 aliphatic rings. The summed E-state index contributed by atoms with van der Waals surface area (Å²) in [6, 6.07) is 7.67. The second kappa shape index (κ2) is 5.27. The van der Waals surface area contributed by atoms with E-state index in [-0.39, 0.29) is 18.2 Å². The number of nitrogens with zero attached hydrogens (tertiary/aromatic N) is 1. The number of benzene rings is 1. The van der Waals surface area contributed by atoms with Crippen molar-refractivity contribution >= 4 is 6.09 Å². The van der Waals surface area contributed by atoms with Gasteiger partial charge in [-0.3, -0.25) is 0 Å². The molecule has 2 N–H and O–H groups in total. The van der Waals surface area contributed by atoms with Crippen LogP contribution >= 0.6 is 0 Å². The molecule has 2 atom stereocenters. The standard InChI is InChI=1S/C13H18N2O3/c1-15-11(8-14)12(18-13(15)16)7-9-4-3-5-10(6-9)17-2/h3-6,11-12H,7-8,14H2,1-2H3. The molecule has 0 aromatic heterocycles. The van der Waals surface area contributed by atoms with Crippen molar-refractivity contribution < 1.29 is 14.3 Å². The Morgan fingerprint density at radius 3 is 2.94 bits per heavy atom. The van der Waals surface area contributed by atoms with E-state index in [1.54, 1.807) is 19.1 Å². The van der Waals surface area contributed by atoms with Gasteiger partial charge >= 0.3 is 6.09 Å². The summed E-state index contributed by atoms with van der Waals surface area (Å²) in [6.45, 7) is 0.400. The predicted octanol–water partition coefficient (Wildman–Crippen LogP) is 1.02. The van der Waals surface area contributed by atoms with Crippen LogP contribution in [0.3, 0.4) is 0 Å². The van der Waals surface area contributed by atoms with E-state index in [1.165, 1.54) is 0 Å². The Kier molecular flexibility index (Phi) is 3.72. The summed E-state index contributed by atoms with van der Waals surface area (Å²) in [5, 5.41) is 0. The number of cyclic esters (lactones) is 1. The quantitative estimate of drug-likeness (QED) is 0.866. The molecule has 2 rings (SSSR count). The molecular weight excluding hydrogens is 232 g/mol. The van der Waals surface area contributed by atoms with Gasteiger partial charge in [-0.15, -0.1) is 0 Å². The maximum absolute atomic E-state index is 11.5. The van der Waals surface area contributed by atoms with Crippen LogP contribution in [0.1, 0.15) is 5.56 Å². The maximum atomic E-state index is 11.5. The van der Waals surface area contributed by atoms with Gasteiger partial charge in [-0.1, -0.05) is 12.1 Å². The lowest BCUT2D eigenvalue weighted by Gasteiger charge is -2.19. The van der Waals surface area contributed by atoms with E-state index in [2.05, 4.69) is 0 Å². The fourth-order valence-corrected chi connectivity index (χ4v) is 2.20. The molecule has 1 amide bonds. The lowest BCUT2D eigenvalue weighted by Crippen LogP contribution is -2.40. The van der Waals surface area contributed by atoms with Gasteiger partial charge in [0.25, 0.3) is 0 Å². The second-order valence-corrected chi connectivity index (χ2v) is 4.39. The smallest absolute Gasteiger partial charge is 0.410 e. The number of nitrogens with two attached hydrogens (primary N) is 1. The lowest BCUT2D eigenvalue weighted by molar-refractivity contribution is 0.130. The lowest BCUT2D eigenvalue weighted by atomic mass is 10.0. The monoisotopic (exact) mass is 250 g/mol. The SMILES string of the molecule is COc1cccc(CC2OC(=O)N(C)C2CN)c1. The molecule has 1 heterocycles. The van der Waals surface area contributed by atoms with Gasteiger partial charge in [-0.2, -0.15) is 0 Å². The Labute approximate surface area is 106 Å². The highest BCUT2D eigenvalue weighted by atomic mass is 16.6. The number of hydrogen-bond donors (Lipinski definition) is 1. The number of carbonyl (C=O) groups is 1. The summed E-state index contributed by atoms with van der Waals surface area (Å²) in [5.41, 5.74) is 6.76. The number of likely N-dealkylation sites (N-methyl/N-ethyl adjacent to an activating group) is 1. The van der Waals surface area contributed by atoms with E-state index in [4.69, 9.17) is 15.2 Å². The highest BCUT2D eigenvalue weighted by Gasteiger charge is 2.38. The third-order valence-corrected chi connectivity index (χ3v) is 3.28. The van der Waals surface area contributed by atoms with Crippen LogP contribution < -0.4 is 10.5 Å². The highest BCUT2D eigenvalue weighted by molar-refractivity contribution is 5.70. The molecule has 5 heteroatoms. The molecule has 1 aromatic rings. The van der Waals surface area contributed by atoms with E-state index in [0.29, 0.717) is 13.0 Å². The van der Waals surface area contributed by atoms with Gasteiger partial charge in [0, 0.05) is 20.0 Å². The molecule has 2 unspecified atom stereocenters. The fraction of sp³-hybridized carbons (Fsp3) is 0.462. The largest absolute Gasteiger partial charge is 0.497 e. The third-order valence-electron chi connectivity index (χ3n) is 3.28. The van der Waals surface area contributed by atoms with Gasteiger partial charge in [-0.05, 0) is 17.7 Å². The maximum Gasteiger partial charge on any atom is 0.410 e. The summed E-state index contributed by atoms with van der Waals surface area (Å²) < 4.78 is 10.5. The Morgan fingerprint density at radius 1 is 1.50 bits per heavy atom. The molecule has 1 saturated heterocycles. The Bertz CT molecular complexity index is 436. The van der Waals surface area contributed by atoms with Crippen molar-refractivity contribution in [3.63, 3.8) is 0 Å². The Balaban J connectivity index is 2.11. The van der Waals surface area contributed by atoms with Crippen molar-refractivity contribution in [3.8, 4) is 5.75 Å². The second-order valence-electron chi connectivity index (χ2n) is 4.39. The van der Waals surface area contributed by atoms with Crippen molar-refractivity contribution in [1.82, 2.24) is 4.90 Å². The summed E-state index contributed by atoms with van der Waals surface area (Å²) in [4.78, 5) is 13.1. The van der Waals surface area contributed by atoms with Gasteiger partial charge in [-0.25, -0.2) is 4.79 Å². The van der Waals surface area contributed by atoms with Crippen LogP contribution in [0.25, 0.3) is 0 Å². The third kappa shape index (κ3) is 2.41. The van der Waals surface area contributed by atoms with E-state index < -0.39 is 0 Å². The summed E-state index contributed by atoms with van der Waals surface area (Å²) >= 11 is 0. The number of methoxy groups -OCH3 is 1. The van der Waals surface area contributed by atoms with Gasteiger partial charge < -0.3 is 20.1 Å². The normalized spacial score (nSPS) is 23.1. The molecule has 0 saturated carbocycles. The van der Waals surface area contributed by atoms with Crippen molar-refractivity contribution in [2.45, 2.75) is 18.6 Å². The summed E-state index contributed by atoms with van der Waals surface area (Å²) in [5.74, 6) is 0.800. The van der Waals surface area contributed by atoms with Gasteiger partial charge in [0.1, 0.15) is 11.9 Å². The van der Waals surface area contributed by atoms with Crippen LogP contribution in [0.15, 0.2) is 24.3 Å². The average Bonchev–Trinajstić information content (AvgIpc) is 2.64. The minimum absolute atomic E-state index is 0.0660. The number of ether oxygens (including phenoxy) is 2. The molecule has 1 aliphatic heterocycles. The van der Waals surface area contributed by atoms with E-state index in [0.717, 1.165) is 11.3 Å². The Morgan fingerprint density at radius 2 is 2.28 bits per heavy atom. The first-order valence-electron chi connectivity index (χ1n) is 5.92. The van der Waals surface area contributed by atoms with Crippen LogP contribution in [0, 0.1) is 0 Å². The highest BCUT2D eigenvalue weighted by Crippen LogP contribution is 2.22. The number of hydrogen-bond acceptors (Lipinski definition) is 4. The molecule has 98 valence electrons. The van der Waals surface area contributed by atoms with Crippen LogP contribution in [0.4, 0.5) is 4.79 Å². The molecule has 18 heavy (non-hydrogen) atoms. The van der Waals surface area contributed by atoms with Crippen molar-refractivity contribution in [2.75, 3.05) is 20.7 Å². The van der Waals surface area contributed by atoms with Crippen LogP contribution in [0.2, 0.25) is 0 Å². The van der Waals surface area contributed by atoms with E-state index >= 15 is 0 Å². The first-order chi connectivity index (χ1) is 8.65. The zero-order valence-corrected chi connectivity index (χ0v) is 10.6. The van der Waals surface area contributed by atoms with Crippen LogP contribution in [0.5, 0.6) is 5.75 Å². The van der Waals surface area contributed by atoms with Crippen molar-refractivity contribution in [3.05, 3.63) is 29.8 Å². The van der Waals surface area contributed by atoms with Crippen molar-refractivity contribution in [1.29, 1.82) is 0 Å². The minimum Gasteiger partial charge on any atom is -0.497 e. The average molecular weight is 250 g/mol. The van der Waals surface area contributed by atoms with Gasteiger partial charge in [0.2, 0.25) is 0 Å². The minimum atomic E-state index is -0.307. The van der Waals surface area contributed by atoms with E-state index in [9.17, 15) is 4.79 Å². The zero-order chi connectivity index (χ0) is 13.1. The molecule has 0 radical (unpaired) electrons.